The van der Waals surface area contributed by atoms with E-state index in [1.165, 1.54) is 0 Å². The van der Waals surface area contributed by atoms with Gasteiger partial charge in [0.05, 0.1) is 5.01 Å². The van der Waals surface area contributed by atoms with E-state index in [9.17, 15) is 0 Å². The Hall–Kier alpha value is 0.360. The van der Waals surface area contributed by atoms with Crippen LogP contribution < -0.4 is 0 Å². The lowest BCUT2D eigenvalue weighted by molar-refractivity contribution is 1.30. The van der Waals surface area contributed by atoms with Gasteiger partial charge in [-0.1, -0.05) is 36.4 Å². The number of nitrogens with zero attached hydrogens (tertiary/aromatic N) is 1. The molecule has 0 N–H and O–H groups in total. The minimum Gasteiger partial charge on any atom is -0.250 e. The van der Waals surface area contributed by atoms with E-state index in [4.69, 9.17) is 0 Å². The molecule has 0 bridgehead atoms. The second kappa shape index (κ2) is 12.1. The normalized spacial score (nSPS) is 6.50. The summed E-state index contributed by atoms with van der Waals surface area (Å²) in [5.41, 5.74) is 0. The van der Waals surface area contributed by atoms with Crippen molar-refractivity contribution >= 4 is 33.9 Å². The second-order valence-electron chi connectivity index (χ2n) is 1.05. The lowest BCUT2D eigenvalue weighted by Crippen LogP contribution is -1.56. The molecule has 1 nitrogen and oxygen atoms in total. The molecule has 0 atom stereocenters. The van der Waals surface area contributed by atoms with Gasteiger partial charge in [-0.2, -0.15) is 0 Å². The zero-order chi connectivity index (χ0) is 8.41. The molecule has 10 heavy (non-hydrogen) atoms. The molecule has 0 unspecified atom stereocenters. The van der Waals surface area contributed by atoms with Crippen LogP contribution in [-0.4, -0.2) is 9.91 Å². The van der Waals surface area contributed by atoms with E-state index in [0.29, 0.717) is 0 Å². The quantitative estimate of drug-likeness (QED) is 0.519. The van der Waals surface area contributed by atoms with Crippen molar-refractivity contribution in [3.05, 3.63) is 16.6 Å². The average Bonchev–Trinajstić information content (AvgIpc) is 2.48. The molecule has 1 aromatic rings. The maximum Gasteiger partial charge on any atom is 0.0893 e. The molecule has 0 aliphatic rings. The van der Waals surface area contributed by atoms with Crippen molar-refractivity contribution in [2.75, 3.05) is 4.93 Å². The van der Waals surface area contributed by atoms with Gasteiger partial charge in [-0.05, 0) is 11.9 Å². The highest BCUT2D eigenvalue weighted by atomic mass is 127. The Bertz CT molecular complexity index is 117. The van der Waals surface area contributed by atoms with Crippen molar-refractivity contribution < 1.29 is 0 Å². The Balaban J connectivity index is 0. The number of rotatable bonds is 0. The van der Waals surface area contributed by atoms with Crippen LogP contribution in [0.3, 0.4) is 0 Å². The first-order valence-corrected chi connectivity index (χ1v) is 6.17. The van der Waals surface area contributed by atoms with E-state index in [-0.39, 0.29) is 0 Å². The van der Waals surface area contributed by atoms with Gasteiger partial charge in [-0.25, -0.2) is 0 Å². The molecule has 0 aliphatic carbocycles. The van der Waals surface area contributed by atoms with Crippen LogP contribution in [0.15, 0.2) is 11.6 Å². The number of aromatic nitrogens is 1. The van der Waals surface area contributed by atoms with Crippen molar-refractivity contribution in [2.45, 2.75) is 20.8 Å². The van der Waals surface area contributed by atoms with Crippen molar-refractivity contribution in [2.24, 2.45) is 0 Å². The van der Waals surface area contributed by atoms with Gasteiger partial charge in [0.1, 0.15) is 0 Å². The van der Waals surface area contributed by atoms with E-state index < -0.39 is 0 Å². The molecule has 0 aliphatic heterocycles. The summed E-state index contributed by atoms with van der Waals surface area (Å²) in [7, 11) is 0. The summed E-state index contributed by atoms with van der Waals surface area (Å²) in [5, 5.41) is 3.10. The third-order valence-corrected chi connectivity index (χ3v) is 1.26. The van der Waals surface area contributed by atoms with Gasteiger partial charge in [-0.3, -0.25) is 4.98 Å². The fraction of sp³-hybridized carbons (Fsp3) is 0.571. The third-order valence-electron chi connectivity index (χ3n) is 0.556. The van der Waals surface area contributed by atoms with Crippen LogP contribution in [0.1, 0.15) is 18.9 Å². The van der Waals surface area contributed by atoms with Crippen molar-refractivity contribution in [3.8, 4) is 0 Å². The first-order valence-electron chi connectivity index (χ1n) is 3.13. The molecule has 0 spiro atoms. The minimum atomic E-state index is 1.13. The lowest BCUT2D eigenvalue weighted by atomic mass is 10.8. The smallest absolute Gasteiger partial charge is 0.0893 e. The van der Waals surface area contributed by atoms with Gasteiger partial charge in [0.15, 0.2) is 0 Å². The first-order chi connectivity index (χ1) is 4.89. The lowest BCUT2D eigenvalue weighted by Gasteiger charge is -1.65. The monoisotopic (exact) mass is 271 g/mol. The van der Waals surface area contributed by atoms with Crippen LogP contribution in [0, 0.1) is 6.92 Å². The minimum absolute atomic E-state index is 1.13. The molecule has 0 saturated heterocycles. The molecular formula is C7H14INS. The Morgan fingerprint density at radius 2 is 1.90 bits per heavy atom. The molecule has 0 saturated carbocycles. The molecule has 1 rings (SSSR count). The Labute approximate surface area is 81.0 Å². The Morgan fingerprint density at radius 3 is 2.00 bits per heavy atom. The van der Waals surface area contributed by atoms with Gasteiger partial charge in [0.25, 0.3) is 0 Å². The molecule has 1 heterocycles. The molecule has 1 aromatic heterocycles. The number of alkyl halides is 1. The Kier molecular flexibility index (Phi) is 15.7. The van der Waals surface area contributed by atoms with Crippen LogP contribution >= 0.6 is 33.9 Å². The predicted molar refractivity (Wildman–Crippen MR) is 58.1 cm³/mol. The SMILES string of the molecule is CC.CI.Cc1nccs1. The van der Waals surface area contributed by atoms with Crippen LogP contribution in [0.4, 0.5) is 0 Å². The first kappa shape index (κ1) is 13.0. The molecular weight excluding hydrogens is 257 g/mol. The topological polar surface area (TPSA) is 12.9 Å². The zero-order valence-electron chi connectivity index (χ0n) is 6.89. The van der Waals surface area contributed by atoms with Crippen LogP contribution in [0.2, 0.25) is 0 Å². The summed E-state index contributed by atoms with van der Waals surface area (Å²) in [4.78, 5) is 5.91. The maximum atomic E-state index is 3.94. The highest BCUT2D eigenvalue weighted by molar-refractivity contribution is 14.1. The highest BCUT2D eigenvalue weighted by Gasteiger charge is 1.76. The van der Waals surface area contributed by atoms with Crippen LogP contribution in [0.5, 0.6) is 0 Å². The molecule has 0 fully saturated rings. The summed E-state index contributed by atoms with van der Waals surface area (Å²) >= 11 is 3.82. The predicted octanol–water partition coefficient (Wildman–Crippen LogP) is 3.53. The van der Waals surface area contributed by atoms with Gasteiger partial charge < -0.3 is 0 Å². The second-order valence-corrected chi connectivity index (χ2v) is 2.15. The zero-order valence-corrected chi connectivity index (χ0v) is 9.86. The van der Waals surface area contributed by atoms with Gasteiger partial charge in [0.2, 0.25) is 0 Å². The van der Waals surface area contributed by atoms with Gasteiger partial charge in [0, 0.05) is 11.6 Å². The molecule has 60 valence electrons. The fourth-order valence-electron chi connectivity index (χ4n) is 0.295. The number of halogens is 1. The summed E-state index contributed by atoms with van der Waals surface area (Å²) in [5.74, 6) is 0. The number of hydrogen-bond acceptors (Lipinski definition) is 2. The van der Waals surface area contributed by atoms with Crippen LogP contribution in [-0.2, 0) is 0 Å². The summed E-state index contributed by atoms with van der Waals surface area (Å²) in [6.45, 7) is 5.99. The standard InChI is InChI=1S/C4H5NS.C2H6.CH3I/c1-4-5-2-3-6-4;2*1-2/h2-3H,1H3;1-2H3;1H3. The van der Waals surface area contributed by atoms with Crippen molar-refractivity contribution in [1.82, 2.24) is 4.98 Å². The van der Waals surface area contributed by atoms with E-state index in [2.05, 4.69) is 27.6 Å². The molecule has 0 aromatic carbocycles. The summed E-state index contributed by atoms with van der Waals surface area (Å²) in [6.07, 6.45) is 1.81. The highest BCUT2D eigenvalue weighted by Crippen LogP contribution is 1.98. The maximum absolute atomic E-state index is 3.94. The van der Waals surface area contributed by atoms with Crippen LogP contribution in [0.25, 0.3) is 0 Å². The van der Waals surface area contributed by atoms with Crippen molar-refractivity contribution in [3.63, 3.8) is 0 Å². The number of aryl methyl sites for hydroxylation is 1. The van der Waals surface area contributed by atoms with Gasteiger partial charge in [-0.15, -0.1) is 11.3 Å². The van der Waals surface area contributed by atoms with E-state index >= 15 is 0 Å². The summed E-state index contributed by atoms with van der Waals surface area (Å²) < 4.78 is 0. The molecule has 0 amide bonds. The third kappa shape index (κ3) is 8.36. The summed E-state index contributed by atoms with van der Waals surface area (Å²) in [6, 6.07) is 0. The van der Waals surface area contributed by atoms with E-state index in [1.54, 1.807) is 17.5 Å². The average molecular weight is 271 g/mol. The van der Waals surface area contributed by atoms with Gasteiger partial charge >= 0.3 is 0 Å². The van der Waals surface area contributed by atoms with Crippen molar-refractivity contribution in [1.29, 1.82) is 0 Å². The van der Waals surface area contributed by atoms with E-state index in [1.807, 2.05) is 31.1 Å². The fourth-order valence-corrected chi connectivity index (χ4v) is 0.735. The number of hydrogen-bond donors (Lipinski definition) is 0. The molecule has 0 radical (unpaired) electrons. The molecule has 3 heteroatoms. The largest absolute Gasteiger partial charge is 0.250 e. The Morgan fingerprint density at radius 1 is 1.40 bits per heavy atom. The number of thiazole rings is 1. The van der Waals surface area contributed by atoms with E-state index in [0.717, 1.165) is 5.01 Å².